The maximum atomic E-state index is 13.7. The molecule has 56 heavy (non-hydrogen) atoms. The van der Waals surface area contributed by atoms with Crippen molar-refractivity contribution in [2.24, 2.45) is 23.7 Å². The number of hydrogen-bond acceptors (Lipinski definition) is 8. The Balaban J connectivity index is 1.15. The first-order chi connectivity index (χ1) is 26.8. The number of carbonyl (C=O) groups excluding carboxylic acids is 4. The molecule has 2 amide bonds. The predicted molar refractivity (Wildman–Crippen MR) is 230 cm³/mol. The van der Waals surface area contributed by atoms with Crippen molar-refractivity contribution >= 4 is 68.9 Å². The number of imidazole rings is 2. The fourth-order valence-corrected chi connectivity index (χ4v) is 9.29. The van der Waals surface area contributed by atoms with Crippen LogP contribution in [0.1, 0.15) is 90.0 Å². The Morgan fingerprint density at radius 3 is 1.30 bits per heavy atom. The number of aromatic amines is 2. The summed E-state index contributed by atoms with van der Waals surface area (Å²) >= 11 is 4.55. The third-order valence-corrected chi connectivity index (χ3v) is 12.7. The Labute approximate surface area is 355 Å². The van der Waals surface area contributed by atoms with Crippen LogP contribution in [0.25, 0.3) is 33.6 Å². The zero-order chi connectivity index (χ0) is 40.3. The van der Waals surface area contributed by atoms with E-state index in [2.05, 4.69) is 104 Å². The van der Waals surface area contributed by atoms with Gasteiger partial charge in [-0.05, 0) is 93.8 Å². The molecule has 0 saturated carbocycles. The standard InChI is InChI=1S/C42H50I2N6O6/c1-23(2)29(21-33(51)55-5)41(53)49-19-7-9-31(49)39-45-35(37(43)47-39)27-15-11-25(12-16-27)26-13-17-28(18-14-26)36-38(44)48-40(46-36)32-10-8-20-50(32)42(54)30(24(3)4)22-34(52)56-6/h11-18,23-24,29-32H,7-10,19-22H2,1-6H3,(H,45,47)(H,46,48)/t29-,30-,31-,32-/m0/s1. The van der Waals surface area contributed by atoms with Gasteiger partial charge in [-0.1, -0.05) is 76.2 Å². The number of carbonyl (C=O) groups is 4. The van der Waals surface area contributed by atoms with E-state index in [9.17, 15) is 19.2 Å². The van der Waals surface area contributed by atoms with Crippen LogP contribution in [-0.4, -0.2) is 80.8 Å². The molecule has 2 aliphatic rings. The highest BCUT2D eigenvalue weighted by Gasteiger charge is 2.39. The molecule has 2 fully saturated rings. The topological polar surface area (TPSA) is 151 Å². The fraction of sp³-hybridized carbons (Fsp3) is 0.476. The Bertz CT molecular complexity index is 1900. The van der Waals surface area contributed by atoms with Gasteiger partial charge in [0.25, 0.3) is 0 Å². The maximum absolute atomic E-state index is 13.7. The average molecular weight is 989 g/mol. The number of benzene rings is 2. The number of ether oxygens (including phenoxy) is 2. The summed E-state index contributed by atoms with van der Waals surface area (Å²) in [5.74, 6) is -0.161. The van der Waals surface area contributed by atoms with Gasteiger partial charge < -0.3 is 29.2 Å². The van der Waals surface area contributed by atoms with E-state index >= 15 is 0 Å². The van der Waals surface area contributed by atoms with Crippen LogP contribution in [0.4, 0.5) is 0 Å². The lowest BCUT2D eigenvalue weighted by Crippen LogP contribution is -2.39. The number of halogens is 2. The first-order valence-corrected chi connectivity index (χ1v) is 21.4. The molecule has 0 radical (unpaired) electrons. The molecule has 6 rings (SSSR count). The summed E-state index contributed by atoms with van der Waals surface area (Å²) < 4.78 is 11.6. The highest BCUT2D eigenvalue weighted by atomic mass is 127. The van der Waals surface area contributed by atoms with Crippen molar-refractivity contribution in [1.29, 1.82) is 0 Å². The molecular formula is C42H50I2N6O6. The summed E-state index contributed by atoms with van der Waals surface area (Å²) in [5, 5.41) is 0. The summed E-state index contributed by atoms with van der Waals surface area (Å²) in [5.41, 5.74) is 5.75. The van der Waals surface area contributed by atoms with Crippen LogP contribution in [0.3, 0.4) is 0 Å². The minimum atomic E-state index is -0.442. The Morgan fingerprint density at radius 2 is 0.982 bits per heavy atom. The lowest BCUT2D eigenvalue weighted by Gasteiger charge is -2.29. The third-order valence-electron chi connectivity index (χ3n) is 11.2. The number of hydrogen-bond donors (Lipinski definition) is 2. The van der Waals surface area contributed by atoms with Crippen molar-refractivity contribution in [2.45, 2.75) is 78.3 Å². The molecule has 0 bridgehead atoms. The van der Waals surface area contributed by atoms with E-state index in [1.54, 1.807) is 0 Å². The van der Waals surface area contributed by atoms with Gasteiger partial charge in [0.05, 0.1) is 51.0 Å². The number of nitrogens with zero attached hydrogens (tertiary/aromatic N) is 4. The number of H-pyrrole nitrogens is 2. The largest absolute Gasteiger partial charge is 0.469 e. The van der Waals surface area contributed by atoms with Crippen molar-refractivity contribution in [1.82, 2.24) is 29.7 Å². The number of rotatable bonds is 13. The van der Waals surface area contributed by atoms with Gasteiger partial charge in [-0.25, -0.2) is 9.97 Å². The number of esters is 2. The first kappa shape index (κ1) is 41.8. The summed E-state index contributed by atoms with van der Waals surface area (Å²) in [6.45, 7) is 9.13. The Morgan fingerprint density at radius 1 is 0.643 bits per heavy atom. The molecule has 2 aromatic heterocycles. The minimum absolute atomic E-state index is 0.00291. The van der Waals surface area contributed by atoms with Crippen LogP contribution < -0.4 is 0 Å². The molecule has 298 valence electrons. The minimum Gasteiger partial charge on any atom is -0.469 e. The van der Waals surface area contributed by atoms with Gasteiger partial charge in [0.1, 0.15) is 30.4 Å². The Hall–Kier alpha value is -3.80. The molecule has 0 aliphatic carbocycles. The van der Waals surface area contributed by atoms with Gasteiger partial charge in [-0.15, -0.1) is 0 Å². The van der Waals surface area contributed by atoms with Crippen molar-refractivity contribution in [3.63, 3.8) is 0 Å². The van der Waals surface area contributed by atoms with E-state index in [-0.39, 0.29) is 60.5 Å². The highest BCUT2D eigenvalue weighted by Crippen LogP contribution is 2.38. The number of amides is 2. The lowest BCUT2D eigenvalue weighted by atomic mass is 9.91. The molecular weight excluding hydrogens is 938 g/mol. The molecule has 0 spiro atoms. The smallest absolute Gasteiger partial charge is 0.306 e. The van der Waals surface area contributed by atoms with Crippen LogP contribution in [0.15, 0.2) is 48.5 Å². The van der Waals surface area contributed by atoms with Crippen molar-refractivity contribution in [3.05, 3.63) is 67.6 Å². The van der Waals surface area contributed by atoms with E-state index in [1.165, 1.54) is 14.2 Å². The highest BCUT2D eigenvalue weighted by molar-refractivity contribution is 14.1. The molecule has 0 unspecified atom stereocenters. The lowest BCUT2D eigenvalue weighted by molar-refractivity contribution is -0.148. The van der Waals surface area contributed by atoms with Crippen LogP contribution >= 0.6 is 45.2 Å². The molecule has 12 nitrogen and oxygen atoms in total. The molecule has 4 heterocycles. The second kappa shape index (κ2) is 18.2. The van der Waals surface area contributed by atoms with Gasteiger partial charge in [-0.2, -0.15) is 0 Å². The quantitative estimate of drug-likeness (QED) is 0.100. The average Bonchev–Trinajstić information content (AvgIpc) is 4.02. The van der Waals surface area contributed by atoms with Gasteiger partial charge in [0.2, 0.25) is 11.8 Å². The van der Waals surface area contributed by atoms with Crippen LogP contribution in [0.2, 0.25) is 0 Å². The fourth-order valence-electron chi connectivity index (χ4n) is 7.88. The molecule has 14 heteroatoms. The second-order valence-electron chi connectivity index (χ2n) is 15.4. The molecule has 4 aromatic rings. The predicted octanol–water partition coefficient (Wildman–Crippen LogP) is 8.34. The number of methoxy groups -OCH3 is 2. The van der Waals surface area contributed by atoms with Crippen LogP contribution in [0.5, 0.6) is 0 Å². The third kappa shape index (κ3) is 9.00. The number of nitrogens with one attached hydrogen (secondary N) is 2. The summed E-state index contributed by atoms with van der Waals surface area (Å²) in [6, 6.07) is 16.3. The maximum Gasteiger partial charge on any atom is 0.306 e. The van der Waals surface area contributed by atoms with E-state index < -0.39 is 11.8 Å². The van der Waals surface area contributed by atoms with Crippen molar-refractivity contribution < 1.29 is 28.7 Å². The summed E-state index contributed by atoms with van der Waals surface area (Å²) in [6.07, 6.45) is 3.50. The van der Waals surface area contributed by atoms with Crippen LogP contribution in [0, 0.1) is 31.1 Å². The van der Waals surface area contributed by atoms with Gasteiger partial charge in [-0.3, -0.25) is 19.2 Å². The number of aromatic nitrogens is 4. The molecule has 2 aliphatic heterocycles. The van der Waals surface area contributed by atoms with Gasteiger partial charge in [0, 0.05) is 24.2 Å². The van der Waals surface area contributed by atoms with Crippen molar-refractivity contribution in [2.75, 3.05) is 27.3 Å². The normalized spacial score (nSPS) is 18.1. The SMILES string of the molecule is COC(=O)C[C@H](C(=O)N1CCC[C@H]1c1nc(-c2ccc(-c3ccc(-c4nc([C@@H]5CCCN5C(=O)[C@@H](CC(=O)OC)C(C)C)[nH]c4I)cc3)cc2)c(I)[nH]1)C(C)C. The molecule has 2 N–H and O–H groups in total. The second-order valence-corrected chi connectivity index (χ2v) is 17.5. The monoisotopic (exact) mass is 988 g/mol. The molecule has 2 aromatic carbocycles. The Kier molecular flexibility index (Phi) is 13.6. The number of likely N-dealkylation sites (tertiary alicyclic amines) is 2. The van der Waals surface area contributed by atoms with E-state index in [1.807, 2.05) is 37.5 Å². The van der Waals surface area contributed by atoms with Crippen LogP contribution in [-0.2, 0) is 28.7 Å². The summed E-state index contributed by atoms with van der Waals surface area (Å²) in [7, 11) is 2.71. The molecule has 2 saturated heterocycles. The summed E-state index contributed by atoms with van der Waals surface area (Å²) in [4.78, 5) is 72.2. The first-order valence-electron chi connectivity index (χ1n) is 19.3. The van der Waals surface area contributed by atoms with E-state index in [0.717, 1.165) is 78.4 Å². The van der Waals surface area contributed by atoms with Gasteiger partial charge in [0.15, 0.2) is 0 Å². The van der Waals surface area contributed by atoms with E-state index in [4.69, 9.17) is 19.4 Å². The van der Waals surface area contributed by atoms with E-state index in [0.29, 0.717) is 13.1 Å². The van der Waals surface area contributed by atoms with Crippen molar-refractivity contribution in [3.8, 4) is 33.6 Å². The molecule has 4 atom stereocenters. The zero-order valence-electron chi connectivity index (χ0n) is 32.7. The van der Waals surface area contributed by atoms with Gasteiger partial charge >= 0.3 is 11.9 Å². The zero-order valence-corrected chi connectivity index (χ0v) is 37.0.